The first-order valence-corrected chi connectivity index (χ1v) is 11.2. The molecule has 0 saturated heterocycles. The number of nitrogens with two attached hydrogens (primary N) is 1. The molecule has 4 rings (SSSR count). The number of carbonyl (C=O) groups is 2. The van der Waals surface area contributed by atoms with Crippen molar-refractivity contribution >= 4 is 23.3 Å². The number of anilines is 1. The number of nitrogen functional groups attached to an aromatic ring is 1. The van der Waals surface area contributed by atoms with Gasteiger partial charge in [0.25, 0.3) is 5.69 Å². The summed E-state index contributed by atoms with van der Waals surface area (Å²) in [5, 5.41) is 25.5. The normalized spacial score (nSPS) is 10.4. The second kappa shape index (κ2) is 11.4. The molecule has 2 heterocycles. The minimum absolute atomic E-state index is 0.0146. The Hall–Kier alpha value is -5.68. The Morgan fingerprint density at radius 2 is 1.23 bits per heavy atom. The molecule has 0 aliphatic rings. The number of benzene rings is 2. The molecule has 0 bridgehead atoms. The molecule has 0 amide bonds. The average molecular weight is 556 g/mol. The van der Waals surface area contributed by atoms with Crippen LogP contribution in [0.15, 0.2) is 33.9 Å². The molecule has 210 valence electrons. The highest BCUT2D eigenvalue weighted by molar-refractivity contribution is 5.93. The van der Waals surface area contributed by atoms with Gasteiger partial charge in [0.05, 0.1) is 41.6 Å². The number of tetrazole rings is 2. The third-order valence-corrected chi connectivity index (χ3v) is 5.69. The first-order valence-electron chi connectivity index (χ1n) is 11.2. The highest BCUT2D eigenvalue weighted by Gasteiger charge is 2.22. The van der Waals surface area contributed by atoms with E-state index in [0.717, 1.165) is 38.0 Å². The van der Waals surface area contributed by atoms with E-state index in [4.69, 9.17) is 5.73 Å². The van der Waals surface area contributed by atoms with Gasteiger partial charge < -0.3 is 15.2 Å². The number of ether oxygens (including phenoxy) is 2. The van der Waals surface area contributed by atoms with Crippen LogP contribution < -0.4 is 17.1 Å². The number of nitro groups is 1. The summed E-state index contributed by atoms with van der Waals surface area (Å²) in [5.74, 6) is -1.27. The Morgan fingerprint density at radius 3 is 1.60 bits per heavy atom. The smallest absolute Gasteiger partial charge is 0.368 e. The van der Waals surface area contributed by atoms with Gasteiger partial charge in [-0.15, -0.1) is 0 Å². The van der Waals surface area contributed by atoms with Crippen molar-refractivity contribution in [2.24, 2.45) is 14.1 Å². The largest absolute Gasteiger partial charge is 0.465 e. The number of carbonyl (C=O) groups excluding carboxylic acids is 2. The molecule has 18 nitrogen and oxygen atoms in total. The van der Waals surface area contributed by atoms with Crippen LogP contribution in [-0.4, -0.2) is 70.7 Å². The molecule has 0 radical (unpaired) electrons. The Labute approximate surface area is 224 Å². The minimum Gasteiger partial charge on any atom is -0.465 e. The summed E-state index contributed by atoms with van der Waals surface area (Å²) in [6, 6.07) is 5.29. The number of hydrogen-bond acceptors (Lipinski definition) is 13. The molecule has 18 heteroatoms. The second-order valence-electron chi connectivity index (χ2n) is 8.18. The minimum atomic E-state index is -0.741. The van der Waals surface area contributed by atoms with Gasteiger partial charge in [0.15, 0.2) is 0 Å². The number of nitro benzene ring substituents is 1. The highest BCUT2D eigenvalue weighted by Crippen LogP contribution is 2.25. The van der Waals surface area contributed by atoms with Gasteiger partial charge in [-0.3, -0.25) is 10.1 Å². The van der Waals surface area contributed by atoms with E-state index in [9.17, 15) is 29.3 Å². The molecule has 2 aromatic heterocycles. The first kappa shape index (κ1) is 28.9. The van der Waals surface area contributed by atoms with Crippen molar-refractivity contribution in [3.8, 4) is 11.4 Å². The predicted octanol–water partition coefficient (Wildman–Crippen LogP) is -0.388. The maximum absolute atomic E-state index is 11.9. The quantitative estimate of drug-likeness (QED) is 0.143. The van der Waals surface area contributed by atoms with E-state index in [1.807, 2.05) is 0 Å². The van der Waals surface area contributed by atoms with Crippen LogP contribution in [0.25, 0.3) is 11.4 Å². The van der Waals surface area contributed by atoms with Gasteiger partial charge in [-0.2, -0.15) is 18.7 Å². The van der Waals surface area contributed by atoms with Crippen LogP contribution in [0.1, 0.15) is 31.8 Å². The monoisotopic (exact) mass is 556 g/mol. The van der Waals surface area contributed by atoms with Gasteiger partial charge in [-0.25, -0.2) is 19.2 Å². The molecule has 0 aliphatic heterocycles. The summed E-state index contributed by atoms with van der Waals surface area (Å²) in [7, 11) is 5.31. The van der Waals surface area contributed by atoms with E-state index >= 15 is 0 Å². The van der Waals surface area contributed by atoms with Gasteiger partial charge in [0, 0.05) is 31.9 Å². The maximum atomic E-state index is 11.9. The zero-order valence-corrected chi connectivity index (χ0v) is 22.2. The number of non-ortho nitro benzene ring substituents is 1. The lowest BCUT2D eigenvalue weighted by molar-refractivity contribution is -0.384. The van der Waals surface area contributed by atoms with Crippen molar-refractivity contribution < 1.29 is 24.0 Å². The first-order chi connectivity index (χ1) is 18.8. The Bertz CT molecular complexity index is 1750. The SMILES string of the molecule is COC(=O)c1cc(N)cc(-n2nnn(C)c2=O)c1C.COC(=O)c1cc([N+](=O)[O-])cc(-n2nnn(C)c2=O)c1C. The number of methoxy groups -OCH3 is 2. The Kier molecular flexibility index (Phi) is 8.21. The van der Waals surface area contributed by atoms with Crippen molar-refractivity contribution in [1.29, 1.82) is 0 Å². The molecule has 0 aliphatic carbocycles. The fourth-order valence-corrected chi connectivity index (χ4v) is 3.52. The number of rotatable bonds is 5. The van der Waals surface area contributed by atoms with Crippen LogP contribution in [0, 0.1) is 24.0 Å². The number of nitrogens with zero attached hydrogens (tertiary/aromatic N) is 9. The molecule has 0 atom stereocenters. The van der Waals surface area contributed by atoms with Crippen molar-refractivity contribution in [2.75, 3.05) is 20.0 Å². The van der Waals surface area contributed by atoms with Crippen LogP contribution in [0.4, 0.5) is 11.4 Å². The van der Waals surface area contributed by atoms with E-state index in [-0.39, 0.29) is 22.5 Å². The third-order valence-electron chi connectivity index (χ3n) is 5.69. The zero-order valence-electron chi connectivity index (χ0n) is 22.2. The van der Waals surface area contributed by atoms with E-state index in [1.165, 1.54) is 34.2 Å². The fourth-order valence-electron chi connectivity index (χ4n) is 3.52. The number of aryl methyl sites for hydroxylation is 2. The number of aromatic nitrogens is 8. The van der Waals surface area contributed by atoms with Crippen LogP contribution >= 0.6 is 0 Å². The number of esters is 2. The fraction of sp³-hybridized carbons (Fsp3) is 0.273. The van der Waals surface area contributed by atoms with Crippen molar-refractivity contribution in [3.05, 3.63) is 77.6 Å². The van der Waals surface area contributed by atoms with Gasteiger partial charge >= 0.3 is 23.3 Å². The predicted molar refractivity (Wildman–Crippen MR) is 136 cm³/mol. The van der Waals surface area contributed by atoms with Crippen LogP contribution in [0.3, 0.4) is 0 Å². The summed E-state index contributed by atoms with van der Waals surface area (Å²) in [6.45, 7) is 3.22. The molecule has 0 unspecified atom stereocenters. The molecular formula is C22H24N10O8. The lowest BCUT2D eigenvalue weighted by atomic mass is 10.1. The van der Waals surface area contributed by atoms with E-state index < -0.39 is 28.2 Å². The summed E-state index contributed by atoms with van der Waals surface area (Å²) in [6.07, 6.45) is 0. The summed E-state index contributed by atoms with van der Waals surface area (Å²) in [5.41, 5.74) is 6.35. The van der Waals surface area contributed by atoms with Crippen LogP contribution in [0.5, 0.6) is 0 Å². The summed E-state index contributed by atoms with van der Waals surface area (Å²) < 4.78 is 13.3. The van der Waals surface area contributed by atoms with Gasteiger partial charge in [-0.1, -0.05) is 0 Å². The Balaban J connectivity index is 0.000000222. The molecule has 2 aromatic carbocycles. The maximum Gasteiger partial charge on any atom is 0.368 e. The molecular weight excluding hydrogens is 532 g/mol. The second-order valence-corrected chi connectivity index (χ2v) is 8.18. The molecule has 0 fully saturated rings. The third kappa shape index (κ3) is 5.44. The topological polar surface area (TPSA) is 227 Å². The lowest BCUT2D eigenvalue weighted by Gasteiger charge is -2.10. The van der Waals surface area contributed by atoms with Crippen molar-refractivity contribution in [3.63, 3.8) is 0 Å². The molecule has 0 spiro atoms. The summed E-state index contributed by atoms with van der Waals surface area (Å²) >= 11 is 0. The van der Waals surface area contributed by atoms with E-state index in [2.05, 4.69) is 30.3 Å². The highest BCUT2D eigenvalue weighted by atomic mass is 16.6. The van der Waals surface area contributed by atoms with Gasteiger partial charge in [0.2, 0.25) is 0 Å². The molecule has 4 aromatic rings. The van der Waals surface area contributed by atoms with Crippen molar-refractivity contribution in [1.82, 2.24) is 39.6 Å². The van der Waals surface area contributed by atoms with Crippen LogP contribution in [0.2, 0.25) is 0 Å². The lowest BCUT2D eigenvalue weighted by Crippen LogP contribution is -2.23. The molecule has 40 heavy (non-hydrogen) atoms. The standard InChI is InChI=1S/C11H11N5O5.C11H13N5O3/c1-6-8(10(17)21-3)4-7(16(19)20)5-9(6)15-11(18)14(2)12-13-15;1-6-8(10(17)19-3)4-7(12)5-9(6)16-11(18)15(2)13-14-16/h4-5H,1-3H3;4-5H,12H2,1-3H3. The van der Waals surface area contributed by atoms with Gasteiger partial charge in [0.1, 0.15) is 0 Å². The Morgan fingerprint density at radius 1 is 0.800 bits per heavy atom. The zero-order chi connectivity index (χ0) is 29.9. The van der Waals surface area contributed by atoms with Gasteiger partial charge in [-0.05, 0) is 58.0 Å². The van der Waals surface area contributed by atoms with E-state index in [1.54, 1.807) is 13.0 Å². The van der Waals surface area contributed by atoms with E-state index in [0.29, 0.717) is 22.5 Å². The van der Waals surface area contributed by atoms with Crippen LogP contribution in [-0.2, 0) is 23.6 Å². The molecule has 0 saturated carbocycles. The number of hydrogen-bond donors (Lipinski definition) is 1. The average Bonchev–Trinajstić information content (AvgIpc) is 3.44. The summed E-state index contributed by atoms with van der Waals surface area (Å²) in [4.78, 5) is 57.4. The molecule has 2 N–H and O–H groups in total. The van der Waals surface area contributed by atoms with Crippen molar-refractivity contribution in [2.45, 2.75) is 13.8 Å².